The third-order valence-electron chi connectivity index (χ3n) is 2.67. The molecule has 17 heavy (non-hydrogen) atoms. The molecule has 0 amide bonds. The smallest absolute Gasteiger partial charge is 0.149 e. The average Bonchev–Trinajstić information content (AvgIpc) is 2.34. The van der Waals surface area contributed by atoms with E-state index in [1.807, 2.05) is 25.1 Å². The van der Waals surface area contributed by atoms with Gasteiger partial charge in [-0.3, -0.25) is 4.98 Å². The summed E-state index contributed by atoms with van der Waals surface area (Å²) < 4.78 is 0. The lowest BCUT2D eigenvalue weighted by Crippen LogP contribution is -2.08. The highest BCUT2D eigenvalue weighted by Crippen LogP contribution is 2.33. The first-order chi connectivity index (χ1) is 8.15. The van der Waals surface area contributed by atoms with E-state index in [0.29, 0.717) is 11.5 Å². The minimum absolute atomic E-state index is 0.277. The van der Waals surface area contributed by atoms with Gasteiger partial charge in [-0.1, -0.05) is 13.0 Å². The summed E-state index contributed by atoms with van der Waals surface area (Å²) in [5.74, 6) is 0.645. The summed E-state index contributed by atoms with van der Waals surface area (Å²) in [7, 11) is 0. The van der Waals surface area contributed by atoms with Crippen LogP contribution in [0.15, 0.2) is 24.4 Å². The van der Waals surface area contributed by atoms with Gasteiger partial charge in [0.15, 0.2) is 0 Å². The number of aromatic nitrogens is 2. The molecule has 0 bridgehead atoms. The fraction of sp³-hybridized carbons (Fsp3) is 0.167. The van der Waals surface area contributed by atoms with Gasteiger partial charge in [0.1, 0.15) is 11.6 Å². The third-order valence-corrected chi connectivity index (χ3v) is 2.67. The van der Waals surface area contributed by atoms with Crippen LogP contribution in [0.3, 0.4) is 0 Å². The molecule has 0 aliphatic carbocycles. The normalized spacial score (nSPS) is 10.4. The summed E-state index contributed by atoms with van der Waals surface area (Å²) in [6.45, 7) is 2.00. The number of pyridine rings is 2. The zero-order valence-electron chi connectivity index (χ0n) is 9.64. The third kappa shape index (κ3) is 1.87. The molecule has 0 saturated carbocycles. The molecule has 2 aromatic rings. The molecule has 5 heteroatoms. The van der Waals surface area contributed by atoms with Crippen molar-refractivity contribution >= 4 is 17.3 Å². The zero-order chi connectivity index (χ0) is 12.4. The maximum atomic E-state index is 5.93. The second-order valence-electron chi connectivity index (χ2n) is 3.72. The highest BCUT2D eigenvalue weighted by Gasteiger charge is 2.15. The molecule has 0 radical (unpaired) electrons. The summed E-state index contributed by atoms with van der Waals surface area (Å²) in [4.78, 5) is 8.32. The Bertz CT molecular complexity index is 536. The minimum atomic E-state index is 0.277. The van der Waals surface area contributed by atoms with Gasteiger partial charge >= 0.3 is 0 Å². The van der Waals surface area contributed by atoms with Crippen molar-refractivity contribution in [1.29, 1.82) is 0 Å². The lowest BCUT2D eigenvalue weighted by molar-refractivity contribution is 1.12. The van der Waals surface area contributed by atoms with E-state index in [1.165, 1.54) is 0 Å². The van der Waals surface area contributed by atoms with Gasteiger partial charge in [0.05, 0.1) is 11.4 Å². The van der Waals surface area contributed by atoms with Crippen LogP contribution in [-0.2, 0) is 6.42 Å². The van der Waals surface area contributed by atoms with Gasteiger partial charge in [-0.2, -0.15) is 0 Å². The number of hydrogen-bond donors (Lipinski definition) is 3. The number of nitrogens with two attached hydrogens (primary N) is 3. The van der Waals surface area contributed by atoms with Crippen molar-refractivity contribution in [3.05, 3.63) is 30.0 Å². The van der Waals surface area contributed by atoms with Crippen LogP contribution in [-0.4, -0.2) is 9.97 Å². The maximum Gasteiger partial charge on any atom is 0.149 e. The van der Waals surface area contributed by atoms with Gasteiger partial charge in [0.25, 0.3) is 0 Å². The standard InChI is InChI=1S/C12H15N5/c1-2-7-9(8-5-3-4-6-16-8)11(14)17-12(15)10(7)13/h3-6H,2,13H2,1H3,(H4,14,15,17). The van der Waals surface area contributed by atoms with Crippen molar-refractivity contribution in [2.24, 2.45) is 0 Å². The fourth-order valence-corrected chi connectivity index (χ4v) is 1.85. The first-order valence-corrected chi connectivity index (χ1v) is 5.39. The van der Waals surface area contributed by atoms with E-state index < -0.39 is 0 Å². The van der Waals surface area contributed by atoms with Crippen LogP contribution in [0.4, 0.5) is 17.3 Å². The first-order valence-electron chi connectivity index (χ1n) is 5.39. The summed E-state index contributed by atoms with van der Waals surface area (Å²) in [5, 5.41) is 0. The Kier molecular flexibility index (Phi) is 2.82. The quantitative estimate of drug-likeness (QED) is 0.723. The molecule has 88 valence electrons. The van der Waals surface area contributed by atoms with Crippen molar-refractivity contribution in [2.45, 2.75) is 13.3 Å². The topological polar surface area (TPSA) is 104 Å². The molecule has 2 aromatic heterocycles. The molecule has 0 unspecified atom stereocenters. The predicted octanol–water partition coefficient (Wildman–Crippen LogP) is 1.45. The van der Waals surface area contributed by atoms with E-state index in [-0.39, 0.29) is 5.82 Å². The zero-order valence-corrected chi connectivity index (χ0v) is 9.64. The van der Waals surface area contributed by atoms with Gasteiger partial charge in [-0.05, 0) is 24.1 Å². The summed E-state index contributed by atoms with van der Waals surface area (Å²) in [6, 6.07) is 5.62. The molecule has 0 aliphatic heterocycles. The Morgan fingerprint density at radius 3 is 2.47 bits per heavy atom. The minimum Gasteiger partial charge on any atom is -0.396 e. The molecular weight excluding hydrogens is 214 g/mol. The Labute approximate surface area is 99.7 Å². The Hall–Kier alpha value is -2.30. The van der Waals surface area contributed by atoms with Crippen molar-refractivity contribution in [1.82, 2.24) is 9.97 Å². The van der Waals surface area contributed by atoms with Crippen molar-refractivity contribution in [3.63, 3.8) is 0 Å². The SMILES string of the molecule is CCc1c(N)c(N)nc(N)c1-c1ccccn1. The van der Waals surface area contributed by atoms with Gasteiger partial charge in [-0.25, -0.2) is 4.98 Å². The number of nitrogen functional groups attached to an aromatic ring is 3. The lowest BCUT2D eigenvalue weighted by Gasteiger charge is -2.14. The molecular formula is C12H15N5. The van der Waals surface area contributed by atoms with Gasteiger partial charge in [-0.15, -0.1) is 0 Å². The Morgan fingerprint density at radius 2 is 1.88 bits per heavy atom. The van der Waals surface area contributed by atoms with Crippen molar-refractivity contribution in [2.75, 3.05) is 17.2 Å². The van der Waals surface area contributed by atoms with Crippen LogP contribution in [0, 0.1) is 0 Å². The molecule has 0 fully saturated rings. The number of anilines is 3. The molecule has 0 aromatic carbocycles. The molecule has 6 N–H and O–H groups in total. The van der Waals surface area contributed by atoms with Crippen LogP contribution in [0.1, 0.15) is 12.5 Å². The van der Waals surface area contributed by atoms with Crippen LogP contribution in [0.25, 0.3) is 11.3 Å². The van der Waals surface area contributed by atoms with E-state index in [2.05, 4.69) is 9.97 Å². The summed E-state index contributed by atoms with van der Waals surface area (Å²) in [5.41, 5.74) is 20.5. The van der Waals surface area contributed by atoms with Gasteiger partial charge in [0, 0.05) is 11.8 Å². The number of rotatable bonds is 2. The van der Waals surface area contributed by atoms with Crippen molar-refractivity contribution in [3.8, 4) is 11.3 Å². The van der Waals surface area contributed by atoms with Gasteiger partial charge in [0.2, 0.25) is 0 Å². The summed E-state index contributed by atoms with van der Waals surface area (Å²) >= 11 is 0. The Balaban J connectivity index is 2.73. The number of hydrogen-bond acceptors (Lipinski definition) is 5. The first kappa shape index (κ1) is 11.2. The number of nitrogens with zero attached hydrogens (tertiary/aromatic N) is 2. The molecule has 5 nitrogen and oxygen atoms in total. The maximum absolute atomic E-state index is 5.93. The highest BCUT2D eigenvalue weighted by molar-refractivity contribution is 5.83. The van der Waals surface area contributed by atoms with Crippen molar-refractivity contribution < 1.29 is 0 Å². The predicted molar refractivity (Wildman–Crippen MR) is 70.1 cm³/mol. The van der Waals surface area contributed by atoms with E-state index >= 15 is 0 Å². The van der Waals surface area contributed by atoms with E-state index in [9.17, 15) is 0 Å². The largest absolute Gasteiger partial charge is 0.396 e. The second-order valence-corrected chi connectivity index (χ2v) is 3.72. The van der Waals surface area contributed by atoms with Crippen LogP contribution < -0.4 is 17.2 Å². The van der Waals surface area contributed by atoms with Gasteiger partial charge < -0.3 is 17.2 Å². The van der Waals surface area contributed by atoms with E-state index in [1.54, 1.807) is 6.20 Å². The highest BCUT2D eigenvalue weighted by atomic mass is 14.9. The molecule has 0 spiro atoms. The van der Waals surface area contributed by atoms with Crippen LogP contribution in [0.2, 0.25) is 0 Å². The lowest BCUT2D eigenvalue weighted by atomic mass is 10.0. The molecule has 0 saturated heterocycles. The van der Waals surface area contributed by atoms with E-state index in [4.69, 9.17) is 17.2 Å². The second kappa shape index (κ2) is 4.29. The molecule has 2 heterocycles. The monoisotopic (exact) mass is 229 g/mol. The molecule has 0 atom stereocenters. The molecule has 0 aliphatic rings. The summed E-state index contributed by atoms with van der Waals surface area (Å²) in [6.07, 6.45) is 2.44. The fourth-order valence-electron chi connectivity index (χ4n) is 1.85. The van der Waals surface area contributed by atoms with E-state index in [0.717, 1.165) is 23.2 Å². The average molecular weight is 229 g/mol. The van der Waals surface area contributed by atoms with Crippen LogP contribution >= 0.6 is 0 Å². The Morgan fingerprint density at radius 1 is 1.12 bits per heavy atom. The van der Waals surface area contributed by atoms with Crippen LogP contribution in [0.5, 0.6) is 0 Å². The molecule has 2 rings (SSSR count).